The van der Waals surface area contributed by atoms with Crippen molar-refractivity contribution in [1.82, 2.24) is 15.5 Å². The zero-order chi connectivity index (χ0) is 12.0. The smallest absolute Gasteiger partial charge is 0.318 e. The Balaban J connectivity index is 2.31. The van der Waals surface area contributed by atoms with Crippen molar-refractivity contribution in [1.29, 1.82) is 0 Å². The summed E-state index contributed by atoms with van der Waals surface area (Å²) in [6.45, 7) is 2.87. The Labute approximate surface area is 94.3 Å². The van der Waals surface area contributed by atoms with Crippen molar-refractivity contribution in [2.45, 2.75) is 6.10 Å². The number of urea groups is 1. The molecule has 0 bridgehead atoms. The number of amides is 3. The van der Waals surface area contributed by atoms with Gasteiger partial charge in [-0.1, -0.05) is 0 Å². The highest BCUT2D eigenvalue weighted by Gasteiger charge is 2.21. The molecule has 0 aromatic carbocycles. The fraction of sp³-hybridized carbons (Fsp3) is 0.778. The molecule has 1 fully saturated rings. The van der Waals surface area contributed by atoms with E-state index >= 15 is 0 Å². The van der Waals surface area contributed by atoms with Crippen molar-refractivity contribution in [3.8, 4) is 0 Å². The highest BCUT2D eigenvalue weighted by molar-refractivity contribution is 5.94. The molecule has 1 atom stereocenters. The van der Waals surface area contributed by atoms with Gasteiger partial charge in [-0.2, -0.15) is 0 Å². The molecular weight excluding hydrogens is 212 g/mol. The predicted molar refractivity (Wildman–Crippen MR) is 57.8 cm³/mol. The molecule has 0 spiro atoms. The molecule has 92 valence electrons. The Morgan fingerprint density at radius 2 is 2.31 bits per heavy atom. The Bertz CT molecular complexity index is 257. The molecule has 3 amide bonds. The highest BCUT2D eigenvalue weighted by Crippen LogP contribution is 2.03. The number of rotatable bonds is 4. The average Bonchev–Trinajstić information content (AvgIpc) is 2.17. The van der Waals surface area contributed by atoms with Crippen LogP contribution in [-0.2, 0) is 9.53 Å². The summed E-state index contributed by atoms with van der Waals surface area (Å²) < 4.78 is 5.48. The molecule has 0 aliphatic carbocycles. The normalized spacial score (nSPS) is 21.7. The van der Waals surface area contributed by atoms with Crippen LogP contribution in [0.2, 0.25) is 0 Å². The van der Waals surface area contributed by atoms with Crippen LogP contribution in [0.4, 0.5) is 4.79 Å². The second kappa shape index (κ2) is 6.41. The molecule has 16 heavy (non-hydrogen) atoms. The third kappa shape index (κ3) is 4.56. The van der Waals surface area contributed by atoms with Crippen LogP contribution in [0.15, 0.2) is 0 Å². The van der Waals surface area contributed by atoms with Gasteiger partial charge in [0.2, 0.25) is 5.91 Å². The first-order valence-corrected chi connectivity index (χ1v) is 5.19. The van der Waals surface area contributed by atoms with Crippen LogP contribution in [0, 0.1) is 0 Å². The Morgan fingerprint density at radius 1 is 1.56 bits per heavy atom. The van der Waals surface area contributed by atoms with Gasteiger partial charge >= 0.3 is 6.03 Å². The Hall–Kier alpha value is -1.18. The molecule has 1 saturated heterocycles. The maximum Gasteiger partial charge on any atom is 0.318 e. The summed E-state index contributed by atoms with van der Waals surface area (Å²) in [5, 5.41) is 5.06. The first-order chi connectivity index (χ1) is 7.61. The molecule has 1 rings (SSSR count). The van der Waals surface area contributed by atoms with E-state index < -0.39 is 6.03 Å². The number of morpholine rings is 1. The summed E-state index contributed by atoms with van der Waals surface area (Å²) in [5.74, 6) is -0.377. The van der Waals surface area contributed by atoms with E-state index in [1.807, 2.05) is 17.3 Å². The molecule has 1 aliphatic heterocycles. The second-order valence-electron chi connectivity index (χ2n) is 3.70. The minimum atomic E-state index is -0.815. The average molecular weight is 230 g/mol. The number of carbonyl (C=O) groups is 2. The van der Waals surface area contributed by atoms with Crippen LogP contribution < -0.4 is 16.4 Å². The number of ether oxygens (including phenoxy) is 1. The van der Waals surface area contributed by atoms with Gasteiger partial charge in [0.1, 0.15) is 0 Å². The molecule has 0 saturated carbocycles. The van der Waals surface area contributed by atoms with Gasteiger partial charge in [-0.3, -0.25) is 15.0 Å². The van der Waals surface area contributed by atoms with Gasteiger partial charge in [-0.25, -0.2) is 4.79 Å². The summed E-state index contributed by atoms with van der Waals surface area (Å²) in [6, 6.07) is -0.815. The maximum atomic E-state index is 11.3. The molecule has 4 N–H and O–H groups in total. The number of nitrogens with zero attached hydrogens (tertiary/aromatic N) is 1. The van der Waals surface area contributed by atoms with Gasteiger partial charge in [0.05, 0.1) is 19.3 Å². The summed E-state index contributed by atoms with van der Waals surface area (Å²) in [6.07, 6.45) is 0.0835. The first-order valence-electron chi connectivity index (χ1n) is 5.19. The molecule has 0 aromatic heterocycles. The summed E-state index contributed by atoms with van der Waals surface area (Å²) in [5.41, 5.74) is 4.85. The Morgan fingerprint density at radius 3 is 2.94 bits per heavy atom. The van der Waals surface area contributed by atoms with Crippen LogP contribution in [-0.4, -0.2) is 62.8 Å². The summed E-state index contributed by atoms with van der Waals surface area (Å²) in [7, 11) is 1.85. The zero-order valence-corrected chi connectivity index (χ0v) is 9.36. The quantitative estimate of drug-likeness (QED) is 0.524. The fourth-order valence-electron chi connectivity index (χ4n) is 1.66. The second-order valence-corrected chi connectivity index (χ2v) is 3.70. The number of imide groups is 1. The van der Waals surface area contributed by atoms with Crippen LogP contribution in [0.1, 0.15) is 0 Å². The fourth-order valence-corrected chi connectivity index (χ4v) is 1.66. The third-order valence-corrected chi connectivity index (χ3v) is 2.28. The van der Waals surface area contributed by atoms with Crippen molar-refractivity contribution in [2.24, 2.45) is 5.73 Å². The van der Waals surface area contributed by atoms with E-state index in [1.165, 1.54) is 0 Å². The van der Waals surface area contributed by atoms with Gasteiger partial charge in [-0.15, -0.1) is 0 Å². The number of hydrogen-bond donors (Lipinski definition) is 3. The van der Waals surface area contributed by atoms with Crippen molar-refractivity contribution in [3.05, 3.63) is 0 Å². The van der Waals surface area contributed by atoms with E-state index in [4.69, 9.17) is 10.5 Å². The molecule has 1 unspecified atom stereocenters. The summed E-state index contributed by atoms with van der Waals surface area (Å²) >= 11 is 0. The lowest BCUT2D eigenvalue weighted by Gasteiger charge is -2.32. The largest absolute Gasteiger partial charge is 0.374 e. The van der Waals surface area contributed by atoms with Crippen LogP contribution in [0.25, 0.3) is 0 Å². The molecule has 1 heterocycles. The maximum absolute atomic E-state index is 11.3. The van der Waals surface area contributed by atoms with Crippen molar-refractivity contribution in [3.63, 3.8) is 0 Å². The molecule has 1 aliphatic rings. The SMILES string of the molecule is CNCC1CN(CC(=O)NC(N)=O)CCO1. The first kappa shape index (κ1) is 12.9. The van der Waals surface area contributed by atoms with Crippen LogP contribution in [0.3, 0.4) is 0 Å². The van der Waals surface area contributed by atoms with Gasteiger partial charge < -0.3 is 15.8 Å². The minimum Gasteiger partial charge on any atom is -0.374 e. The lowest BCUT2D eigenvalue weighted by atomic mass is 10.2. The van der Waals surface area contributed by atoms with Crippen molar-refractivity contribution >= 4 is 11.9 Å². The van der Waals surface area contributed by atoms with E-state index in [9.17, 15) is 9.59 Å². The van der Waals surface area contributed by atoms with E-state index in [0.717, 1.165) is 6.54 Å². The van der Waals surface area contributed by atoms with E-state index in [0.29, 0.717) is 19.7 Å². The number of nitrogens with one attached hydrogen (secondary N) is 2. The molecule has 7 nitrogen and oxygen atoms in total. The molecule has 0 aromatic rings. The monoisotopic (exact) mass is 230 g/mol. The predicted octanol–water partition coefficient (Wildman–Crippen LogP) is -1.90. The lowest BCUT2D eigenvalue weighted by molar-refractivity contribution is -0.123. The lowest BCUT2D eigenvalue weighted by Crippen LogP contribution is -2.50. The standard InChI is InChI=1S/C9H18N4O3/c1-11-4-7-5-13(2-3-16-7)6-8(14)12-9(10)15/h7,11H,2-6H2,1H3,(H3,10,12,14,15). The number of carbonyl (C=O) groups excluding carboxylic acids is 2. The van der Waals surface area contributed by atoms with E-state index in [1.54, 1.807) is 0 Å². The zero-order valence-electron chi connectivity index (χ0n) is 9.36. The number of primary amides is 1. The molecular formula is C9H18N4O3. The van der Waals surface area contributed by atoms with Gasteiger partial charge in [0.15, 0.2) is 0 Å². The number of likely N-dealkylation sites (N-methyl/N-ethyl adjacent to an activating group) is 1. The van der Waals surface area contributed by atoms with E-state index in [-0.39, 0.29) is 18.6 Å². The van der Waals surface area contributed by atoms with E-state index in [2.05, 4.69) is 5.32 Å². The van der Waals surface area contributed by atoms with Gasteiger partial charge in [0, 0.05) is 19.6 Å². The van der Waals surface area contributed by atoms with Gasteiger partial charge in [-0.05, 0) is 7.05 Å². The minimum absolute atomic E-state index is 0.0835. The molecule has 7 heteroatoms. The number of nitrogens with two attached hydrogens (primary N) is 1. The Kier molecular flexibility index (Phi) is 5.17. The number of hydrogen-bond acceptors (Lipinski definition) is 5. The van der Waals surface area contributed by atoms with Crippen LogP contribution in [0.5, 0.6) is 0 Å². The summed E-state index contributed by atoms with van der Waals surface area (Å²) in [4.78, 5) is 23.7. The van der Waals surface area contributed by atoms with Crippen LogP contribution >= 0.6 is 0 Å². The molecule has 0 radical (unpaired) electrons. The highest BCUT2D eigenvalue weighted by atomic mass is 16.5. The third-order valence-electron chi connectivity index (χ3n) is 2.28. The van der Waals surface area contributed by atoms with Gasteiger partial charge in [0.25, 0.3) is 0 Å². The van der Waals surface area contributed by atoms with Crippen molar-refractivity contribution in [2.75, 3.05) is 39.8 Å². The topological polar surface area (TPSA) is 96.7 Å². The van der Waals surface area contributed by atoms with Crippen molar-refractivity contribution < 1.29 is 14.3 Å².